The molecule has 3 aromatic carbocycles. The van der Waals surface area contributed by atoms with Gasteiger partial charge in [0.1, 0.15) is 25.7 Å². The molecule has 2 aliphatic rings. The van der Waals surface area contributed by atoms with E-state index in [9.17, 15) is 24.0 Å². The molecule has 12 nitrogen and oxygen atoms in total. The van der Waals surface area contributed by atoms with Crippen molar-refractivity contribution in [3.05, 3.63) is 119 Å². The molecular weight excluding hydrogens is 664 g/mol. The monoisotopic (exact) mass is 710 g/mol. The van der Waals surface area contributed by atoms with Gasteiger partial charge in [0.2, 0.25) is 11.8 Å². The topological polar surface area (TPSA) is 175 Å². The van der Waals surface area contributed by atoms with Gasteiger partial charge in [0.25, 0.3) is 0 Å². The Kier molecular flexibility index (Phi) is 15.2. The van der Waals surface area contributed by atoms with Crippen molar-refractivity contribution < 1.29 is 38.2 Å². The number of nitrogens with one attached hydrogen (secondary N) is 3. The molecule has 0 radical (unpaired) electrons. The van der Waals surface area contributed by atoms with Gasteiger partial charge in [0.05, 0.1) is 19.3 Å². The van der Waals surface area contributed by atoms with Crippen molar-refractivity contribution in [3.63, 3.8) is 0 Å². The molecule has 0 bridgehead atoms. The first-order valence-corrected chi connectivity index (χ1v) is 17.3. The number of nitrogens with two attached hydrogens (primary N) is 1. The number of rotatable bonds is 15. The maximum Gasteiger partial charge on any atom is 0.408 e. The molecule has 0 fully saturated rings. The number of fused-ring (bicyclic) bond motifs is 2. The van der Waals surface area contributed by atoms with Crippen molar-refractivity contribution in [1.29, 1.82) is 0 Å². The lowest BCUT2D eigenvalue weighted by molar-refractivity contribution is -0.144. The van der Waals surface area contributed by atoms with Gasteiger partial charge in [-0.15, -0.1) is 0 Å². The average Bonchev–Trinajstić information content (AvgIpc) is 3.76. The summed E-state index contributed by atoms with van der Waals surface area (Å²) in [5.74, 6) is -1.81. The van der Waals surface area contributed by atoms with Crippen molar-refractivity contribution in [2.75, 3.05) is 26.3 Å². The molecule has 2 atom stereocenters. The summed E-state index contributed by atoms with van der Waals surface area (Å²) in [4.78, 5) is 59.8. The molecule has 0 saturated carbocycles. The number of benzene rings is 3. The fourth-order valence-corrected chi connectivity index (χ4v) is 5.76. The van der Waals surface area contributed by atoms with E-state index < -0.39 is 36.0 Å². The minimum Gasteiger partial charge on any atom is -0.465 e. The van der Waals surface area contributed by atoms with Gasteiger partial charge >= 0.3 is 18.0 Å². The molecule has 12 heteroatoms. The Hall–Kier alpha value is -5.75. The van der Waals surface area contributed by atoms with Crippen LogP contribution >= 0.6 is 0 Å². The van der Waals surface area contributed by atoms with Crippen molar-refractivity contribution >= 4 is 41.0 Å². The van der Waals surface area contributed by atoms with E-state index in [2.05, 4.69) is 28.1 Å². The van der Waals surface area contributed by atoms with E-state index in [0.717, 1.165) is 40.7 Å². The van der Waals surface area contributed by atoms with Crippen LogP contribution in [0, 0.1) is 0 Å². The zero-order valence-electron chi connectivity index (χ0n) is 29.5. The summed E-state index contributed by atoms with van der Waals surface area (Å²) < 4.78 is 14.9. The van der Waals surface area contributed by atoms with Gasteiger partial charge in [-0.1, -0.05) is 91.0 Å². The summed E-state index contributed by atoms with van der Waals surface area (Å²) in [5.41, 5.74) is 13.5. The second-order valence-electron chi connectivity index (χ2n) is 12.0. The van der Waals surface area contributed by atoms with E-state index in [4.69, 9.17) is 19.9 Å². The van der Waals surface area contributed by atoms with Gasteiger partial charge in [0, 0.05) is 6.42 Å². The van der Waals surface area contributed by atoms with Crippen LogP contribution in [-0.2, 0) is 52.8 Å². The molecule has 0 heterocycles. The largest absolute Gasteiger partial charge is 0.465 e. The first-order chi connectivity index (χ1) is 25.2. The summed E-state index contributed by atoms with van der Waals surface area (Å²) in [6.07, 6.45) is 5.85. The van der Waals surface area contributed by atoms with Crippen molar-refractivity contribution in [2.24, 2.45) is 5.73 Å². The predicted octanol–water partition coefficient (Wildman–Crippen LogP) is 4.01. The number of carbonyl (C=O) groups excluding carboxylic acids is 5. The van der Waals surface area contributed by atoms with Gasteiger partial charge in [-0.2, -0.15) is 0 Å². The maximum absolute atomic E-state index is 12.7. The fraction of sp³-hybridized carbons (Fsp3) is 0.325. The highest BCUT2D eigenvalue weighted by atomic mass is 16.5. The van der Waals surface area contributed by atoms with E-state index >= 15 is 0 Å². The second-order valence-corrected chi connectivity index (χ2v) is 12.0. The van der Waals surface area contributed by atoms with Crippen molar-refractivity contribution in [3.8, 4) is 0 Å². The average molecular weight is 711 g/mol. The molecule has 0 unspecified atom stereocenters. The Morgan fingerprint density at radius 3 is 1.71 bits per heavy atom. The SMILES string of the molecule is CCOC(=O)CNC(=O)[C@@H](N)CC1=CCc2ccccc21.CCOC(=O)CNC(=O)[C@H](CC1=CCc2ccccc21)NC(=O)OCc1ccccc1. The first kappa shape index (κ1) is 39.0. The summed E-state index contributed by atoms with van der Waals surface area (Å²) in [6.45, 7) is 3.62. The molecular formula is C40H46N4O8. The minimum atomic E-state index is -0.893. The number of carbonyl (C=O) groups is 5. The molecule has 3 amide bonds. The molecule has 52 heavy (non-hydrogen) atoms. The van der Waals surface area contributed by atoms with Crippen LogP contribution in [0.3, 0.4) is 0 Å². The standard InChI is InChI=1S/C24H26N2O5.C16H20N2O3/c1-2-30-22(27)15-25-23(28)21(14-19-13-12-18-10-6-7-11-20(18)19)26-24(29)31-16-17-8-4-3-5-9-17;1-2-21-15(19)10-18-16(20)14(17)9-12-8-7-11-5-3-4-6-13(11)12/h3-11,13,21H,2,12,14-16H2,1H3,(H,25,28)(H,26,29);3-6,8,14H,2,7,9-10,17H2,1H3,(H,18,20)/t21-;14-/m00/s1. The molecule has 0 aromatic heterocycles. The van der Waals surface area contributed by atoms with Crippen LogP contribution in [0.25, 0.3) is 11.1 Å². The Bertz CT molecular complexity index is 1770. The second kappa shape index (κ2) is 20.2. The van der Waals surface area contributed by atoms with Crippen LogP contribution in [0.1, 0.15) is 54.5 Å². The van der Waals surface area contributed by atoms with E-state index in [1.807, 2.05) is 78.9 Å². The highest BCUT2D eigenvalue weighted by molar-refractivity contribution is 5.91. The van der Waals surface area contributed by atoms with Crippen LogP contribution < -0.4 is 21.7 Å². The van der Waals surface area contributed by atoms with Crippen molar-refractivity contribution in [1.82, 2.24) is 16.0 Å². The number of alkyl carbamates (subject to hydrolysis) is 1. The first-order valence-electron chi connectivity index (χ1n) is 17.3. The third-order valence-electron chi connectivity index (χ3n) is 8.31. The quantitative estimate of drug-likeness (QED) is 0.134. The summed E-state index contributed by atoms with van der Waals surface area (Å²) in [6, 6.07) is 23.7. The normalized spacial score (nSPS) is 13.4. The lowest BCUT2D eigenvalue weighted by atomic mass is 9.99. The molecule has 5 N–H and O–H groups in total. The van der Waals surface area contributed by atoms with Crippen LogP contribution in [-0.4, -0.2) is 68.2 Å². The molecule has 274 valence electrons. The van der Waals surface area contributed by atoms with Gasteiger partial charge < -0.3 is 35.9 Å². The third kappa shape index (κ3) is 11.9. The van der Waals surface area contributed by atoms with Gasteiger partial charge in [-0.25, -0.2) is 4.79 Å². The zero-order valence-corrected chi connectivity index (χ0v) is 29.5. The minimum absolute atomic E-state index is 0.0926. The third-order valence-corrected chi connectivity index (χ3v) is 8.31. The molecule has 3 aromatic rings. The van der Waals surface area contributed by atoms with E-state index in [1.165, 1.54) is 11.1 Å². The Morgan fingerprint density at radius 1 is 0.654 bits per heavy atom. The predicted molar refractivity (Wildman–Crippen MR) is 196 cm³/mol. The van der Waals surface area contributed by atoms with E-state index in [1.54, 1.807) is 13.8 Å². The number of esters is 2. The Balaban J connectivity index is 0.000000251. The number of hydrogen-bond donors (Lipinski definition) is 4. The molecule has 0 spiro atoms. The smallest absolute Gasteiger partial charge is 0.408 e. The van der Waals surface area contributed by atoms with E-state index in [0.29, 0.717) is 13.0 Å². The maximum atomic E-state index is 12.7. The highest BCUT2D eigenvalue weighted by Gasteiger charge is 2.26. The Morgan fingerprint density at radius 2 is 1.15 bits per heavy atom. The molecule has 5 rings (SSSR count). The zero-order chi connectivity index (χ0) is 37.3. The number of ether oxygens (including phenoxy) is 3. The van der Waals surface area contributed by atoms with Gasteiger partial charge in [-0.3, -0.25) is 19.2 Å². The van der Waals surface area contributed by atoms with Gasteiger partial charge in [-0.05, 0) is 72.1 Å². The molecule has 0 saturated heterocycles. The lowest BCUT2D eigenvalue weighted by Crippen LogP contribution is -2.48. The summed E-state index contributed by atoms with van der Waals surface area (Å²) in [7, 11) is 0. The van der Waals surface area contributed by atoms with Crippen molar-refractivity contribution in [2.45, 2.75) is 58.2 Å². The summed E-state index contributed by atoms with van der Waals surface area (Å²) >= 11 is 0. The van der Waals surface area contributed by atoms with Crippen LogP contribution in [0.15, 0.2) is 91.0 Å². The van der Waals surface area contributed by atoms with Crippen LogP contribution in [0.5, 0.6) is 0 Å². The number of amides is 3. The highest BCUT2D eigenvalue weighted by Crippen LogP contribution is 2.31. The lowest BCUT2D eigenvalue weighted by Gasteiger charge is -2.19. The molecule has 0 aliphatic heterocycles. The molecule has 2 aliphatic carbocycles. The van der Waals surface area contributed by atoms with Crippen LogP contribution in [0.2, 0.25) is 0 Å². The fourth-order valence-electron chi connectivity index (χ4n) is 5.76. The number of hydrogen-bond acceptors (Lipinski definition) is 9. The Labute approximate surface area is 303 Å². The number of allylic oxidation sites excluding steroid dienone is 2. The van der Waals surface area contributed by atoms with E-state index in [-0.39, 0.29) is 38.6 Å². The van der Waals surface area contributed by atoms with Gasteiger partial charge in [0.15, 0.2) is 0 Å². The van der Waals surface area contributed by atoms with Crippen LogP contribution in [0.4, 0.5) is 4.79 Å². The summed E-state index contributed by atoms with van der Waals surface area (Å²) in [5, 5.41) is 7.67.